The van der Waals surface area contributed by atoms with Gasteiger partial charge in [0.25, 0.3) is 0 Å². The minimum Gasteiger partial charge on any atom is -0.313 e. The van der Waals surface area contributed by atoms with Crippen molar-refractivity contribution in [2.75, 3.05) is 6.54 Å². The van der Waals surface area contributed by atoms with E-state index in [-0.39, 0.29) is 5.82 Å². The number of hydrogen-bond acceptors (Lipinski definition) is 1. The van der Waals surface area contributed by atoms with Gasteiger partial charge in [-0.2, -0.15) is 0 Å². The summed E-state index contributed by atoms with van der Waals surface area (Å²) in [6, 6.07) is 3.79. The molecule has 0 heterocycles. The Morgan fingerprint density at radius 1 is 1.23 bits per heavy atom. The van der Waals surface area contributed by atoms with Crippen molar-refractivity contribution in [3.05, 3.63) is 34.6 Å². The number of rotatable bonds is 3. The number of benzene rings is 1. The van der Waals surface area contributed by atoms with E-state index in [0.717, 1.165) is 29.8 Å². The molecule has 0 atom stereocenters. The highest BCUT2D eigenvalue weighted by molar-refractivity contribution is 5.30. The summed E-state index contributed by atoms with van der Waals surface area (Å²) >= 11 is 0. The maximum absolute atomic E-state index is 13.2. The van der Waals surface area contributed by atoms with Crippen molar-refractivity contribution >= 4 is 0 Å². The lowest BCUT2D eigenvalue weighted by Crippen LogP contribution is -2.12. The second kappa shape index (κ2) is 4.38. The largest absolute Gasteiger partial charge is 0.313 e. The molecular weight excluding hydrogens is 165 g/mol. The number of halogens is 1. The molecule has 0 spiro atoms. The predicted molar refractivity (Wildman–Crippen MR) is 53.3 cm³/mol. The highest BCUT2D eigenvalue weighted by atomic mass is 19.1. The topological polar surface area (TPSA) is 12.0 Å². The summed E-state index contributed by atoms with van der Waals surface area (Å²) in [7, 11) is 0. The zero-order chi connectivity index (χ0) is 9.84. The summed E-state index contributed by atoms with van der Waals surface area (Å²) < 4.78 is 13.2. The summed E-state index contributed by atoms with van der Waals surface area (Å²) in [5, 5.41) is 3.22. The van der Waals surface area contributed by atoms with Crippen LogP contribution < -0.4 is 5.32 Å². The van der Waals surface area contributed by atoms with Gasteiger partial charge < -0.3 is 5.32 Å². The van der Waals surface area contributed by atoms with Gasteiger partial charge in [-0.3, -0.25) is 0 Å². The van der Waals surface area contributed by atoms with Gasteiger partial charge in [0.2, 0.25) is 0 Å². The fourth-order valence-electron chi connectivity index (χ4n) is 1.41. The molecule has 0 aliphatic carbocycles. The summed E-state index contributed by atoms with van der Waals surface area (Å²) in [6.45, 7) is 7.42. The standard InChI is InChI=1S/C11H16FN/c1-4-13-7-10-5-8(2)11(12)9(3)6-10/h5-6,13H,4,7H2,1-3H3. The lowest BCUT2D eigenvalue weighted by atomic mass is 10.1. The molecule has 2 heteroatoms. The van der Waals surface area contributed by atoms with Crippen molar-refractivity contribution in [3.8, 4) is 0 Å². The number of aryl methyl sites for hydroxylation is 2. The molecule has 0 bridgehead atoms. The first-order valence-corrected chi connectivity index (χ1v) is 4.61. The average Bonchev–Trinajstić information content (AvgIpc) is 2.10. The Hall–Kier alpha value is -0.890. The van der Waals surface area contributed by atoms with Gasteiger partial charge in [-0.1, -0.05) is 19.1 Å². The molecule has 0 aliphatic heterocycles. The molecule has 0 radical (unpaired) electrons. The molecule has 0 saturated carbocycles. The van der Waals surface area contributed by atoms with E-state index in [1.165, 1.54) is 0 Å². The molecule has 0 aromatic heterocycles. The second-order valence-corrected chi connectivity index (χ2v) is 3.32. The third-order valence-corrected chi connectivity index (χ3v) is 2.08. The molecule has 1 rings (SSSR count). The van der Waals surface area contributed by atoms with Gasteiger partial charge >= 0.3 is 0 Å². The monoisotopic (exact) mass is 181 g/mol. The van der Waals surface area contributed by atoms with E-state index in [4.69, 9.17) is 0 Å². The summed E-state index contributed by atoms with van der Waals surface area (Å²) in [5.74, 6) is -0.0831. The van der Waals surface area contributed by atoms with Crippen LogP contribution in [0.25, 0.3) is 0 Å². The fourth-order valence-corrected chi connectivity index (χ4v) is 1.41. The molecule has 0 saturated heterocycles. The maximum Gasteiger partial charge on any atom is 0.129 e. The van der Waals surface area contributed by atoms with Gasteiger partial charge in [-0.05, 0) is 37.1 Å². The van der Waals surface area contributed by atoms with Crippen LogP contribution in [0.5, 0.6) is 0 Å². The Morgan fingerprint density at radius 2 is 1.77 bits per heavy atom. The van der Waals surface area contributed by atoms with Crippen LogP contribution in [-0.4, -0.2) is 6.54 Å². The van der Waals surface area contributed by atoms with Gasteiger partial charge in [0.1, 0.15) is 5.82 Å². The summed E-state index contributed by atoms with van der Waals surface area (Å²) in [6.07, 6.45) is 0. The lowest BCUT2D eigenvalue weighted by Gasteiger charge is -2.06. The van der Waals surface area contributed by atoms with Crippen LogP contribution in [0.15, 0.2) is 12.1 Å². The molecule has 72 valence electrons. The zero-order valence-electron chi connectivity index (χ0n) is 8.45. The maximum atomic E-state index is 13.2. The Balaban J connectivity index is 2.86. The fraction of sp³-hybridized carbons (Fsp3) is 0.455. The smallest absolute Gasteiger partial charge is 0.129 e. The Labute approximate surface area is 79.0 Å². The third kappa shape index (κ3) is 2.52. The van der Waals surface area contributed by atoms with E-state index in [2.05, 4.69) is 12.2 Å². The molecular formula is C11H16FN. The Morgan fingerprint density at radius 3 is 2.23 bits per heavy atom. The Bertz CT molecular complexity index is 271. The predicted octanol–water partition coefficient (Wildman–Crippen LogP) is 2.55. The number of nitrogens with one attached hydrogen (secondary N) is 1. The minimum absolute atomic E-state index is 0.0831. The van der Waals surface area contributed by atoms with Crippen LogP contribution in [0, 0.1) is 19.7 Å². The molecule has 0 aliphatic rings. The first-order chi connectivity index (χ1) is 6.15. The Kier molecular flexibility index (Phi) is 3.43. The first-order valence-electron chi connectivity index (χ1n) is 4.61. The van der Waals surface area contributed by atoms with Crippen LogP contribution in [-0.2, 0) is 6.54 Å². The first kappa shape index (κ1) is 10.2. The third-order valence-electron chi connectivity index (χ3n) is 2.08. The van der Waals surface area contributed by atoms with Gasteiger partial charge in [-0.15, -0.1) is 0 Å². The quantitative estimate of drug-likeness (QED) is 0.755. The second-order valence-electron chi connectivity index (χ2n) is 3.32. The van der Waals surface area contributed by atoms with Gasteiger partial charge in [-0.25, -0.2) is 4.39 Å². The van der Waals surface area contributed by atoms with Gasteiger partial charge in [0.05, 0.1) is 0 Å². The van der Waals surface area contributed by atoms with E-state index < -0.39 is 0 Å². The normalized spacial score (nSPS) is 10.5. The molecule has 1 aromatic rings. The van der Waals surface area contributed by atoms with E-state index in [0.29, 0.717) is 0 Å². The van der Waals surface area contributed by atoms with E-state index in [9.17, 15) is 4.39 Å². The molecule has 1 N–H and O–H groups in total. The zero-order valence-corrected chi connectivity index (χ0v) is 8.45. The van der Waals surface area contributed by atoms with Crippen molar-refractivity contribution in [1.29, 1.82) is 0 Å². The SMILES string of the molecule is CCNCc1cc(C)c(F)c(C)c1. The average molecular weight is 181 g/mol. The van der Waals surface area contributed by atoms with Crippen molar-refractivity contribution in [2.24, 2.45) is 0 Å². The van der Waals surface area contributed by atoms with E-state index in [1.54, 1.807) is 13.8 Å². The molecule has 0 amide bonds. The van der Waals surface area contributed by atoms with Crippen LogP contribution in [0.4, 0.5) is 4.39 Å². The highest BCUT2D eigenvalue weighted by Crippen LogP contribution is 2.14. The van der Waals surface area contributed by atoms with Crippen LogP contribution in [0.3, 0.4) is 0 Å². The molecule has 1 nitrogen and oxygen atoms in total. The van der Waals surface area contributed by atoms with Gasteiger partial charge in [0.15, 0.2) is 0 Å². The van der Waals surface area contributed by atoms with Gasteiger partial charge in [0, 0.05) is 6.54 Å². The molecule has 0 unspecified atom stereocenters. The molecule has 0 fully saturated rings. The van der Waals surface area contributed by atoms with E-state index in [1.807, 2.05) is 12.1 Å². The summed E-state index contributed by atoms with van der Waals surface area (Å²) in [4.78, 5) is 0. The van der Waals surface area contributed by atoms with Crippen molar-refractivity contribution in [1.82, 2.24) is 5.32 Å². The number of hydrogen-bond donors (Lipinski definition) is 1. The van der Waals surface area contributed by atoms with Crippen LogP contribution in [0.2, 0.25) is 0 Å². The van der Waals surface area contributed by atoms with Crippen molar-refractivity contribution in [2.45, 2.75) is 27.3 Å². The van der Waals surface area contributed by atoms with E-state index >= 15 is 0 Å². The van der Waals surface area contributed by atoms with Crippen LogP contribution >= 0.6 is 0 Å². The molecule has 1 aromatic carbocycles. The van der Waals surface area contributed by atoms with Crippen molar-refractivity contribution in [3.63, 3.8) is 0 Å². The lowest BCUT2D eigenvalue weighted by molar-refractivity contribution is 0.606. The summed E-state index contributed by atoms with van der Waals surface area (Å²) in [5.41, 5.74) is 2.61. The van der Waals surface area contributed by atoms with Crippen LogP contribution in [0.1, 0.15) is 23.6 Å². The highest BCUT2D eigenvalue weighted by Gasteiger charge is 2.03. The van der Waals surface area contributed by atoms with Crippen molar-refractivity contribution < 1.29 is 4.39 Å². The minimum atomic E-state index is -0.0831. The molecule has 13 heavy (non-hydrogen) atoms.